The van der Waals surface area contributed by atoms with Crippen molar-refractivity contribution in [3.63, 3.8) is 0 Å². The van der Waals surface area contributed by atoms with Crippen LogP contribution in [0, 0.1) is 5.92 Å². The summed E-state index contributed by atoms with van der Waals surface area (Å²) in [5.74, 6) is 0.269. The highest BCUT2D eigenvalue weighted by atomic mass is 16.5. The maximum atomic E-state index is 11.7. The fraction of sp³-hybridized carbons (Fsp3) is 0.389. The summed E-state index contributed by atoms with van der Waals surface area (Å²) in [4.78, 5) is 11.7. The van der Waals surface area contributed by atoms with Gasteiger partial charge in [-0.05, 0) is 25.3 Å². The number of benzene rings is 1. The van der Waals surface area contributed by atoms with Crippen LogP contribution in [0.3, 0.4) is 0 Å². The summed E-state index contributed by atoms with van der Waals surface area (Å²) in [6.07, 6.45) is 7.53. The van der Waals surface area contributed by atoms with Gasteiger partial charge in [0.15, 0.2) is 0 Å². The van der Waals surface area contributed by atoms with E-state index in [2.05, 4.69) is 26.0 Å². The van der Waals surface area contributed by atoms with Gasteiger partial charge in [-0.3, -0.25) is 4.79 Å². The minimum absolute atomic E-state index is 0.162. The third-order valence-corrected chi connectivity index (χ3v) is 2.99. The highest BCUT2D eigenvalue weighted by molar-refractivity contribution is 5.72. The second kappa shape index (κ2) is 9.13. The second-order valence-electron chi connectivity index (χ2n) is 5.03. The minimum atomic E-state index is -0.162. The van der Waals surface area contributed by atoms with Crippen LogP contribution in [0.4, 0.5) is 0 Å². The SMILES string of the molecule is C/C=C/C(C)/C=C(\C)CCOC(=O)Cc1ccccc1. The van der Waals surface area contributed by atoms with Crippen molar-refractivity contribution >= 4 is 5.97 Å². The summed E-state index contributed by atoms with van der Waals surface area (Å²) in [5, 5.41) is 0. The molecule has 0 N–H and O–H groups in total. The minimum Gasteiger partial charge on any atom is -0.465 e. The number of carbonyl (C=O) groups excluding carboxylic acids is 1. The molecule has 0 fully saturated rings. The predicted octanol–water partition coefficient (Wildman–Crippen LogP) is 4.32. The van der Waals surface area contributed by atoms with E-state index in [0.29, 0.717) is 18.9 Å². The van der Waals surface area contributed by atoms with Crippen LogP contribution in [0.25, 0.3) is 0 Å². The van der Waals surface area contributed by atoms with Gasteiger partial charge in [0.2, 0.25) is 0 Å². The lowest BCUT2D eigenvalue weighted by Gasteiger charge is -2.06. The molecule has 0 saturated carbocycles. The van der Waals surface area contributed by atoms with Gasteiger partial charge in [0.05, 0.1) is 13.0 Å². The molecule has 0 aromatic heterocycles. The maximum absolute atomic E-state index is 11.7. The van der Waals surface area contributed by atoms with Gasteiger partial charge in [-0.25, -0.2) is 0 Å². The van der Waals surface area contributed by atoms with Crippen LogP contribution in [0.5, 0.6) is 0 Å². The van der Waals surface area contributed by atoms with Gasteiger partial charge in [0.1, 0.15) is 0 Å². The summed E-state index contributed by atoms with van der Waals surface area (Å²) in [5.41, 5.74) is 2.24. The Labute approximate surface area is 122 Å². The molecule has 0 saturated heterocycles. The van der Waals surface area contributed by atoms with E-state index < -0.39 is 0 Å². The first-order chi connectivity index (χ1) is 9.61. The molecule has 0 aliphatic carbocycles. The largest absolute Gasteiger partial charge is 0.465 e. The third kappa shape index (κ3) is 6.93. The van der Waals surface area contributed by atoms with E-state index in [1.807, 2.05) is 43.3 Å². The van der Waals surface area contributed by atoms with Gasteiger partial charge in [-0.1, -0.05) is 61.1 Å². The molecule has 0 radical (unpaired) electrons. The number of carbonyl (C=O) groups is 1. The molecule has 0 aliphatic heterocycles. The maximum Gasteiger partial charge on any atom is 0.310 e. The molecule has 2 heteroatoms. The van der Waals surface area contributed by atoms with Crippen molar-refractivity contribution in [3.05, 3.63) is 59.7 Å². The normalized spacial score (nSPS) is 13.4. The number of rotatable bonds is 7. The summed E-state index contributed by atoms with van der Waals surface area (Å²) < 4.78 is 5.26. The zero-order valence-corrected chi connectivity index (χ0v) is 12.6. The van der Waals surface area contributed by atoms with Crippen LogP contribution in [0.2, 0.25) is 0 Å². The lowest BCUT2D eigenvalue weighted by atomic mass is 10.1. The van der Waals surface area contributed by atoms with Crippen LogP contribution in [-0.4, -0.2) is 12.6 Å². The van der Waals surface area contributed by atoms with Crippen molar-refractivity contribution in [3.8, 4) is 0 Å². The fourth-order valence-corrected chi connectivity index (χ4v) is 2.03. The molecule has 1 aromatic carbocycles. The molecule has 0 heterocycles. The first-order valence-corrected chi connectivity index (χ1v) is 7.11. The van der Waals surface area contributed by atoms with E-state index in [4.69, 9.17) is 4.74 Å². The Morgan fingerprint density at radius 2 is 2.00 bits per heavy atom. The van der Waals surface area contributed by atoms with Crippen molar-refractivity contribution in [1.29, 1.82) is 0 Å². The highest BCUT2D eigenvalue weighted by Gasteiger charge is 2.04. The molecule has 1 atom stereocenters. The molecule has 1 rings (SSSR count). The van der Waals surface area contributed by atoms with E-state index >= 15 is 0 Å². The summed E-state index contributed by atoms with van der Waals surface area (Å²) in [6.45, 7) is 6.69. The van der Waals surface area contributed by atoms with Crippen LogP contribution in [0.15, 0.2) is 54.1 Å². The summed E-state index contributed by atoms with van der Waals surface area (Å²) >= 11 is 0. The monoisotopic (exact) mass is 272 g/mol. The fourth-order valence-electron chi connectivity index (χ4n) is 2.03. The van der Waals surface area contributed by atoms with E-state index in [-0.39, 0.29) is 5.97 Å². The van der Waals surface area contributed by atoms with Gasteiger partial charge in [0, 0.05) is 6.42 Å². The Hall–Kier alpha value is -1.83. The van der Waals surface area contributed by atoms with E-state index in [1.165, 1.54) is 5.57 Å². The molecule has 0 bridgehead atoms. The molecule has 108 valence electrons. The van der Waals surface area contributed by atoms with E-state index in [9.17, 15) is 4.79 Å². The molecule has 1 unspecified atom stereocenters. The third-order valence-electron chi connectivity index (χ3n) is 2.99. The molecule has 20 heavy (non-hydrogen) atoms. The lowest BCUT2D eigenvalue weighted by Crippen LogP contribution is -2.09. The molecule has 2 nitrogen and oxygen atoms in total. The summed E-state index contributed by atoms with van der Waals surface area (Å²) in [7, 11) is 0. The average molecular weight is 272 g/mol. The second-order valence-corrected chi connectivity index (χ2v) is 5.03. The number of allylic oxidation sites excluding steroid dienone is 3. The molecular weight excluding hydrogens is 248 g/mol. The molecule has 0 amide bonds. The van der Waals surface area contributed by atoms with Crippen LogP contribution in [-0.2, 0) is 16.0 Å². The Balaban J connectivity index is 2.28. The Bertz CT molecular complexity index is 458. The summed E-state index contributed by atoms with van der Waals surface area (Å²) in [6, 6.07) is 9.67. The first kappa shape index (κ1) is 16.2. The van der Waals surface area contributed by atoms with Gasteiger partial charge >= 0.3 is 5.97 Å². The Morgan fingerprint density at radius 3 is 2.65 bits per heavy atom. The van der Waals surface area contributed by atoms with E-state index in [0.717, 1.165) is 12.0 Å². The van der Waals surface area contributed by atoms with Crippen molar-refractivity contribution < 1.29 is 9.53 Å². The lowest BCUT2D eigenvalue weighted by molar-refractivity contribution is -0.142. The number of hydrogen-bond donors (Lipinski definition) is 0. The smallest absolute Gasteiger partial charge is 0.310 e. The number of esters is 1. The van der Waals surface area contributed by atoms with Crippen molar-refractivity contribution in [2.24, 2.45) is 5.92 Å². The van der Waals surface area contributed by atoms with Crippen LogP contribution < -0.4 is 0 Å². The topological polar surface area (TPSA) is 26.3 Å². The van der Waals surface area contributed by atoms with Crippen molar-refractivity contribution in [2.75, 3.05) is 6.61 Å². The van der Waals surface area contributed by atoms with Crippen molar-refractivity contribution in [2.45, 2.75) is 33.6 Å². The average Bonchev–Trinajstić information content (AvgIpc) is 2.39. The highest BCUT2D eigenvalue weighted by Crippen LogP contribution is 2.08. The standard InChI is InChI=1S/C18H24O2/c1-4-8-15(2)13-16(3)11-12-20-18(19)14-17-9-6-5-7-10-17/h4-10,13,15H,11-12,14H2,1-3H3/b8-4+,16-13+. The zero-order chi connectivity index (χ0) is 14.8. The Kier molecular flexibility index (Phi) is 7.41. The van der Waals surface area contributed by atoms with Crippen LogP contribution >= 0.6 is 0 Å². The molecule has 0 spiro atoms. The Morgan fingerprint density at radius 1 is 1.30 bits per heavy atom. The predicted molar refractivity (Wildman–Crippen MR) is 83.5 cm³/mol. The molecule has 1 aromatic rings. The van der Waals surface area contributed by atoms with Gasteiger partial charge in [0.25, 0.3) is 0 Å². The molecular formula is C18H24O2. The number of hydrogen-bond acceptors (Lipinski definition) is 2. The quantitative estimate of drug-likeness (QED) is 0.546. The number of ether oxygens (including phenoxy) is 1. The molecule has 0 aliphatic rings. The zero-order valence-electron chi connectivity index (χ0n) is 12.6. The first-order valence-electron chi connectivity index (χ1n) is 7.11. The van der Waals surface area contributed by atoms with Crippen LogP contribution in [0.1, 0.15) is 32.8 Å². The van der Waals surface area contributed by atoms with Gasteiger partial charge in [-0.15, -0.1) is 0 Å². The van der Waals surface area contributed by atoms with Gasteiger partial charge in [-0.2, -0.15) is 0 Å². The van der Waals surface area contributed by atoms with Crippen molar-refractivity contribution in [1.82, 2.24) is 0 Å². The van der Waals surface area contributed by atoms with Gasteiger partial charge < -0.3 is 4.74 Å². The van der Waals surface area contributed by atoms with E-state index in [1.54, 1.807) is 0 Å².